The molecule has 2 aliphatic heterocycles. The zero-order chi connectivity index (χ0) is 18.7. The molecule has 2 unspecified atom stereocenters. The highest BCUT2D eigenvalue weighted by molar-refractivity contribution is 5.96. The van der Waals surface area contributed by atoms with Gasteiger partial charge in [0.2, 0.25) is 5.91 Å². The molecule has 0 saturated carbocycles. The number of amides is 1. The van der Waals surface area contributed by atoms with Crippen molar-refractivity contribution in [3.8, 4) is 0 Å². The first-order valence-corrected chi connectivity index (χ1v) is 8.50. The molecule has 8 nitrogen and oxygen atoms in total. The molecule has 0 spiro atoms. The van der Waals surface area contributed by atoms with Crippen LogP contribution in [0.4, 0.5) is 5.69 Å². The van der Waals surface area contributed by atoms with Crippen LogP contribution >= 0.6 is 0 Å². The summed E-state index contributed by atoms with van der Waals surface area (Å²) in [5.41, 5.74) is 0.818. The fourth-order valence-corrected chi connectivity index (χ4v) is 3.41. The van der Waals surface area contributed by atoms with Crippen molar-refractivity contribution < 1.29 is 24.0 Å². The van der Waals surface area contributed by atoms with Crippen molar-refractivity contribution in [2.45, 2.75) is 38.2 Å². The summed E-state index contributed by atoms with van der Waals surface area (Å²) < 4.78 is 10.8. The number of carbonyl (C=O) groups excluding carboxylic acids is 2. The fourth-order valence-electron chi connectivity index (χ4n) is 3.41. The Balaban J connectivity index is 1.89. The minimum atomic E-state index is -0.720. The van der Waals surface area contributed by atoms with Crippen LogP contribution in [0.15, 0.2) is 35.5 Å². The molecule has 1 N–H and O–H groups in total. The number of nitrogens with zero attached hydrogens (tertiary/aromatic N) is 1. The van der Waals surface area contributed by atoms with Crippen molar-refractivity contribution in [1.29, 1.82) is 0 Å². The van der Waals surface area contributed by atoms with Crippen molar-refractivity contribution in [2.24, 2.45) is 0 Å². The number of esters is 1. The maximum Gasteiger partial charge on any atom is 0.336 e. The Morgan fingerprint density at radius 2 is 2.19 bits per heavy atom. The largest absolute Gasteiger partial charge is 0.460 e. The minimum Gasteiger partial charge on any atom is -0.460 e. The molecule has 1 aromatic carbocycles. The quantitative estimate of drug-likeness (QED) is 0.490. The van der Waals surface area contributed by atoms with Crippen molar-refractivity contribution in [3.63, 3.8) is 0 Å². The molecule has 1 fully saturated rings. The first-order valence-electron chi connectivity index (χ1n) is 8.50. The van der Waals surface area contributed by atoms with E-state index in [1.165, 1.54) is 6.07 Å². The number of hydrogen-bond donors (Lipinski definition) is 1. The second-order valence-corrected chi connectivity index (χ2v) is 6.39. The summed E-state index contributed by atoms with van der Waals surface area (Å²) >= 11 is 0. The lowest BCUT2D eigenvalue weighted by Crippen LogP contribution is -2.35. The van der Waals surface area contributed by atoms with Crippen molar-refractivity contribution in [2.75, 3.05) is 13.2 Å². The number of nitro benzene ring substituents is 1. The molecule has 1 amide bonds. The average Bonchev–Trinajstić information content (AvgIpc) is 3.12. The summed E-state index contributed by atoms with van der Waals surface area (Å²) in [5, 5.41) is 14.0. The van der Waals surface area contributed by atoms with Crippen LogP contribution < -0.4 is 5.32 Å². The third kappa shape index (κ3) is 3.75. The molecule has 2 aliphatic rings. The van der Waals surface area contributed by atoms with Gasteiger partial charge in [-0.25, -0.2) is 4.79 Å². The standard InChI is InChI=1S/C18H20N2O6/c1-11-17(18(22)26-10-12-5-4-8-25-12)14(9-16(21)19-11)13-6-2-3-7-15(13)20(23)24/h2-3,6-7,12,14H,4-5,8-10H2,1H3,(H,19,21). The molecular weight excluding hydrogens is 340 g/mol. The average molecular weight is 360 g/mol. The molecule has 1 aromatic rings. The predicted octanol–water partition coefficient (Wildman–Crippen LogP) is 2.19. The van der Waals surface area contributed by atoms with Crippen LogP contribution in [0.3, 0.4) is 0 Å². The molecule has 0 aliphatic carbocycles. The highest BCUT2D eigenvalue weighted by atomic mass is 16.6. The van der Waals surface area contributed by atoms with Gasteiger partial charge in [-0.1, -0.05) is 18.2 Å². The lowest BCUT2D eigenvalue weighted by molar-refractivity contribution is -0.385. The number of para-hydroxylation sites is 1. The third-order valence-corrected chi connectivity index (χ3v) is 4.62. The molecule has 0 aromatic heterocycles. The normalized spacial score (nSPS) is 22.9. The summed E-state index contributed by atoms with van der Waals surface area (Å²) in [7, 11) is 0. The minimum absolute atomic E-state index is 0.0491. The zero-order valence-corrected chi connectivity index (χ0v) is 14.4. The van der Waals surface area contributed by atoms with Crippen molar-refractivity contribution in [1.82, 2.24) is 5.32 Å². The number of carbonyl (C=O) groups is 2. The molecule has 26 heavy (non-hydrogen) atoms. The Morgan fingerprint density at radius 1 is 1.42 bits per heavy atom. The van der Waals surface area contributed by atoms with E-state index in [2.05, 4.69) is 5.32 Å². The van der Waals surface area contributed by atoms with Gasteiger partial charge in [0.15, 0.2) is 0 Å². The summed E-state index contributed by atoms with van der Waals surface area (Å²) in [5.74, 6) is -1.59. The van der Waals surface area contributed by atoms with E-state index >= 15 is 0 Å². The fraction of sp³-hybridized carbons (Fsp3) is 0.444. The van der Waals surface area contributed by atoms with Gasteiger partial charge in [0.05, 0.1) is 16.6 Å². The number of rotatable bonds is 5. The molecule has 3 rings (SSSR count). The van der Waals surface area contributed by atoms with E-state index in [-0.39, 0.29) is 36.3 Å². The molecule has 0 radical (unpaired) electrons. The Bertz CT molecular complexity index is 767. The van der Waals surface area contributed by atoms with Gasteiger partial charge in [-0.05, 0) is 19.8 Å². The summed E-state index contributed by atoms with van der Waals surface area (Å²) in [4.78, 5) is 35.5. The molecular formula is C18H20N2O6. The van der Waals surface area contributed by atoms with Crippen molar-refractivity contribution >= 4 is 17.6 Å². The van der Waals surface area contributed by atoms with Gasteiger partial charge < -0.3 is 14.8 Å². The molecule has 2 atom stereocenters. The monoisotopic (exact) mass is 360 g/mol. The second-order valence-electron chi connectivity index (χ2n) is 6.39. The van der Waals surface area contributed by atoms with Gasteiger partial charge in [0.25, 0.3) is 5.69 Å². The van der Waals surface area contributed by atoms with E-state index in [4.69, 9.17) is 9.47 Å². The van der Waals surface area contributed by atoms with Gasteiger partial charge in [-0.15, -0.1) is 0 Å². The number of hydrogen-bond acceptors (Lipinski definition) is 6. The summed E-state index contributed by atoms with van der Waals surface area (Å²) in [6, 6.07) is 6.14. The highest BCUT2D eigenvalue weighted by Crippen LogP contribution is 2.38. The number of nitrogens with one attached hydrogen (secondary N) is 1. The predicted molar refractivity (Wildman–Crippen MR) is 91.2 cm³/mol. The van der Waals surface area contributed by atoms with Crippen LogP contribution in [0.25, 0.3) is 0 Å². The van der Waals surface area contributed by atoms with Gasteiger partial charge in [-0.3, -0.25) is 14.9 Å². The van der Waals surface area contributed by atoms with Crippen LogP contribution in [0.2, 0.25) is 0 Å². The Kier molecular flexibility index (Phi) is 5.32. The molecule has 1 saturated heterocycles. The molecule has 0 bridgehead atoms. The summed E-state index contributed by atoms with van der Waals surface area (Å²) in [6.45, 7) is 2.38. The van der Waals surface area contributed by atoms with Gasteiger partial charge in [-0.2, -0.15) is 0 Å². The van der Waals surface area contributed by atoms with Crippen molar-refractivity contribution in [3.05, 3.63) is 51.2 Å². The van der Waals surface area contributed by atoms with Crippen LogP contribution in [0, 0.1) is 10.1 Å². The number of benzene rings is 1. The Hall–Kier alpha value is -2.74. The molecule has 8 heteroatoms. The van der Waals surface area contributed by atoms with E-state index < -0.39 is 16.8 Å². The Labute approximate surface area is 150 Å². The van der Waals surface area contributed by atoms with Gasteiger partial charge in [0.1, 0.15) is 6.61 Å². The second kappa shape index (κ2) is 7.65. The molecule has 138 valence electrons. The first-order chi connectivity index (χ1) is 12.5. The highest BCUT2D eigenvalue weighted by Gasteiger charge is 2.36. The van der Waals surface area contributed by atoms with Crippen LogP contribution in [-0.4, -0.2) is 36.1 Å². The maximum absolute atomic E-state index is 12.7. The van der Waals surface area contributed by atoms with Gasteiger partial charge in [0, 0.05) is 36.3 Å². The number of nitro groups is 1. The van der Waals surface area contributed by atoms with Gasteiger partial charge >= 0.3 is 5.97 Å². The summed E-state index contributed by atoms with van der Waals surface area (Å²) in [6.07, 6.45) is 1.59. The topological polar surface area (TPSA) is 108 Å². The van der Waals surface area contributed by atoms with E-state index in [0.29, 0.717) is 17.9 Å². The lowest BCUT2D eigenvalue weighted by Gasteiger charge is -2.26. The van der Waals surface area contributed by atoms with Crippen LogP contribution in [-0.2, 0) is 19.1 Å². The lowest BCUT2D eigenvalue weighted by atomic mass is 9.83. The first kappa shape index (κ1) is 18.1. The van der Waals surface area contributed by atoms with Crippen LogP contribution in [0.5, 0.6) is 0 Å². The zero-order valence-electron chi connectivity index (χ0n) is 14.4. The smallest absolute Gasteiger partial charge is 0.336 e. The van der Waals surface area contributed by atoms with E-state index in [1.807, 2.05) is 0 Å². The van der Waals surface area contributed by atoms with E-state index in [1.54, 1.807) is 25.1 Å². The van der Waals surface area contributed by atoms with Crippen LogP contribution in [0.1, 0.15) is 37.7 Å². The SMILES string of the molecule is CC1=C(C(=O)OCC2CCCO2)C(c2ccccc2[N+](=O)[O-])CC(=O)N1. The van der Waals surface area contributed by atoms with E-state index in [9.17, 15) is 19.7 Å². The third-order valence-electron chi connectivity index (χ3n) is 4.62. The Morgan fingerprint density at radius 3 is 2.88 bits per heavy atom. The number of allylic oxidation sites excluding steroid dienone is 1. The maximum atomic E-state index is 12.7. The number of ether oxygens (including phenoxy) is 2. The molecule has 2 heterocycles. The van der Waals surface area contributed by atoms with E-state index in [0.717, 1.165) is 12.8 Å².